The highest BCUT2D eigenvalue weighted by molar-refractivity contribution is 5.77. The van der Waals surface area contributed by atoms with Gasteiger partial charge in [0.2, 0.25) is 5.91 Å². The van der Waals surface area contributed by atoms with Crippen LogP contribution in [0.5, 0.6) is 0 Å². The lowest BCUT2D eigenvalue weighted by molar-refractivity contribution is -0.131. The average Bonchev–Trinajstić information content (AvgIpc) is 2.70. The van der Waals surface area contributed by atoms with E-state index in [1.165, 1.54) is 4.90 Å². The second kappa shape index (κ2) is 11.3. The van der Waals surface area contributed by atoms with Gasteiger partial charge in [0.1, 0.15) is 0 Å². The topological polar surface area (TPSA) is 54.8 Å². The Hall–Kier alpha value is -2.54. The normalized spacial score (nSPS) is 16.9. The zero-order chi connectivity index (χ0) is 20.4. The number of rotatable bonds is 9. The minimum atomic E-state index is -0.0293. The van der Waals surface area contributed by atoms with Crippen LogP contribution in [0, 0.1) is 24.7 Å². The Balaban J connectivity index is 2.09. The molecule has 0 unspecified atom stereocenters. The molecule has 150 valence electrons. The summed E-state index contributed by atoms with van der Waals surface area (Å²) >= 11 is 0. The number of terminal acetylenes is 2. The molecule has 1 aliphatic rings. The number of piperidine rings is 1. The van der Waals surface area contributed by atoms with Gasteiger partial charge >= 0.3 is 0 Å². The number of likely N-dealkylation sites (tertiary alicyclic amines) is 1. The van der Waals surface area contributed by atoms with E-state index in [1.54, 1.807) is 17.9 Å². The Morgan fingerprint density at radius 2 is 2.07 bits per heavy atom. The molecule has 0 spiro atoms. The van der Waals surface area contributed by atoms with E-state index in [0.29, 0.717) is 26.1 Å². The summed E-state index contributed by atoms with van der Waals surface area (Å²) in [5, 5.41) is 0. The first kappa shape index (κ1) is 21.8. The third-order valence-electron chi connectivity index (χ3n) is 5.09. The lowest BCUT2D eigenvalue weighted by atomic mass is 9.98. The third kappa shape index (κ3) is 5.99. The molecule has 1 saturated heterocycles. The van der Waals surface area contributed by atoms with E-state index in [9.17, 15) is 9.59 Å². The van der Waals surface area contributed by atoms with Crippen LogP contribution in [0.1, 0.15) is 31.2 Å². The number of methoxy groups -OCH3 is 1. The molecule has 0 saturated carbocycles. The second-order valence-corrected chi connectivity index (χ2v) is 7.01. The summed E-state index contributed by atoms with van der Waals surface area (Å²) < 4.78 is 6.74. The molecule has 28 heavy (non-hydrogen) atoms. The summed E-state index contributed by atoms with van der Waals surface area (Å²) in [6, 6.07) is 3.84. The quantitative estimate of drug-likeness (QED) is 0.604. The van der Waals surface area contributed by atoms with Gasteiger partial charge in [-0.1, -0.05) is 24.3 Å². The lowest BCUT2D eigenvalue weighted by Crippen LogP contribution is -2.44. The van der Waals surface area contributed by atoms with Gasteiger partial charge in [-0.3, -0.25) is 14.5 Å². The van der Waals surface area contributed by atoms with E-state index >= 15 is 0 Å². The summed E-state index contributed by atoms with van der Waals surface area (Å²) in [7, 11) is 1.62. The number of amides is 1. The Morgan fingerprint density at radius 3 is 2.75 bits per heavy atom. The minimum Gasteiger partial charge on any atom is -0.383 e. The van der Waals surface area contributed by atoms with E-state index in [-0.39, 0.29) is 30.6 Å². The molecule has 1 aliphatic heterocycles. The molecule has 0 aromatic carbocycles. The Bertz CT molecular complexity index is 771. The maximum Gasteiger partial charge on any atom is 0.255 e. The van der Waals surface area contributed by atoms with Crippen LogP contribution in [0.2, 0.25) is 0 Å². The predicted molar refractivity (Wildman–Crippen MR) is 109 cm³/mol. The molecule has 1 aromatic heterocycles. The fourth-order valence-electron chi connectivity index (χ4n) is 3.57. The van der Waals surface area contributed by atoms with Gasteiger partial charge in [-0.25, -0.2) is 0 Å². The number of pyridine rings is 1. The second-order valence-electron chi connectivity index (χ2n) is 7.01. The number of aromatic nitrogens is 1. The Labute approximate surface area is 167 Å². The molecule has 2 rings (SSSR count). The zero-order valence-corrected chi connectivity index (χ0v) is 16.6. The van der Waals surface area contributed by atoms with Crippen LogP contribution >= 0.6 is 0 Å². The van der Waals surface area contributed by atoms with Gasteiger partial charge in [0, 0.05) is 44.4 Å². The van der Waals surface area contributed by atoms with Crippen LogP contribution in [0.4, 0.5) is 0 Å². The van der Waals surface area contributed by atoms with Crippen molar-refractivity contribution in [1.82, 2.24) is 14.4 Å². The first-order chi connectivity index (χ1) is 13.6. The van der Waals surface area contributed by atoms with E-state index in [0.717, 1.165) is 31.4 Å². The average molecular weight is 383 g/mol. The number of ether oxygens (including phenoxy) is 1. The maximum atomic E-state index is 12.7. The van der Waals surface area contributed by atoms with Crippen molar-refractivity contribution in [2.45, 2.75) is 44.8 Å². The molecule has 0 N–H and O–H groups in total. The van der Waals surface area contributed by atoms with Crippen LogP contribution in [0.3, 0.4) is 0 Å². The molecular formula is C22H29N3O3. The maximum absolute atomic E-state index is 12.7. The van der Waals surface area contributed by atoms with Crippen molar-refractivity contribution in [2.75, 3.05) is 33.4 Å². The summed E-state index contributed by atoms with van der Waals surface area (Å²) in [5.74, 6) is 4.96. The standard InChI is InChI=1S/C22H29N3O3/c1-4-11-23(12-5-2)21(26)17-20-10-6-7-13-25(20)18-19-9-8-14-24(22(19)27)15-16-28-3/h1-2,8-9,14,20H,6-7,10-13,15-18H2,3H3/t20-/m1/s1. The van der Waals surface area contributed by atoms with Crippen molar-refractivity contribution in [1.29, 1.82) is 0 Å². The monoisotopic (exact) mass is 383 g/mol. The summed E-state index contributed by atoms with van der Waals surface area (Å²) in [5.41, 5.74) is 0.735. The van der Waals surface area contributed by atoms with Crippen molar-refractivity contribution >= 4 is 5.91 Å². The van der Waals surface area contributed by atoms with Gasteiger partial charge in [-0.05, 0) is 25.5 Å². The molecule has 6 nitrogen and oxygen atoms in total. The minimum absolute atomic E-state index is 0.00325. The predicted octanol–water partition coefficient (Wildman–Crippen LogP) is 1.33. The van der Waals surface area contributed by atoms with Crippen LogP contribution in [0.15, 0.2) is 23.1 Å². The summed E-state index contributed by atoms with van der Waals surface area (Å²) in [4.78, 5) is 29.1. The molecule has 1 fully saturated rings. The smallest absolute Gasteiger partial charge is 0.255 e. The van der Waals surface area contributed by atoms with Crippen molar-refractivity contribution in [3.63, 3.8) is 0 Å². The van der Waals surface area contributed by atoms with Crippen molar-refractivity contribution < 1.29 is 9.53 Å². The number of carbonyl (C=O) groups is 1. The Kier molecular flexibility index (Phi) is 8.81. The van der Waals surface area contributed by atoms with Gasteiger partial charge in [0.25, 0.3) is 5.56 Å². The molecule has 0 aliphatic carbocycles. The van der Waals surface area contributed by atoms with Crippen LogP contribution in [-0.2, 0) is 22.6 Å². The first-order valence-corrected chi connectivity index (χ1v) is 9.66. The van der Waals surface area contributed by atoms with Gasteiger partial charge < -0.3 is 14.2 Å². The number of nitrogens with zero attached hydrogens (tertiary/aromatic N) is 3. The SMILES string of the molecule is C#CCN(CC#C)C(=O)C[C@H]1CCCCN1Cc1cccn(CCOC)c1=O. The highest BCUT2D eigenvalue weighted by Crippen LogP contribution is 2.22. The van der Waals surface area contributed by atoms with Gasteiger partial charge in [-0.2, -0.15) is 0 Å². The summed E-state index contributed by atoms with van der Waals surface area (Å²) in [6.45, 7) is 2.86. The van der Waals surface area contributed by atoms with Gasteiger partial charge in [0.05, 0.1) is 19.7 Å². The first-order valence-electron chi connectivity index (χ1n) is 9.66. The Morgan fingerprint density at radius 1 is 1.32 bits per heavy atom. The molecule has 1 atom stereocenters. The zero-order valence-electron chi connectivity index (χ0n) is 16.6. The van der Waals surface area contributed by atoms with Gasteiger partial charge in [-0.15, -0.1) is 12.8 Å². The van der Waals surface area contributed by atoms with E-state index in [2.05, 4.69) is 16.7 Å². The largest absolute Gasteiger partial charge is 0.383 e. The van der Waals surface area contributed by atoms with Crippen LogP contribution in [-0.4, -0.2) is 59.7 Å². The molecule has 0 bridgehead atoms. The number of carbonyl (C=O) groups excluding carboxylic acids is 1. The van der Waals surface area contributed by atoms with Crippen molar-refractivity contribution in [3.8, 4) is 24.7 Å². The molecule has 1 amide bonds. The van der Waals surface area contributed by atoms with Crippen molar-refractivity contribution in [3.05, 3.63) is 34.2 Å². The highest BCUT2D eigenvalue weighted by atomic mass is 16.5. The highest BCUT2D eigenvalue weighted by Gasteiger charge is 2.27. The molecular weight excluding hydrogens is 354 g/mol. The lowest BCUT2D eigenvalue weighted by Gasteiger charge is -2.36. The van der Waals surface area contributed by atoms with Crippen LogP contribution < -0.4 is 5.56 Å². The van der Waals surface area contributed by atoms with Crippen molar-refractivity contribution in [2.24, 2.45) is 0 Å². The van der Waals surface area contributed by atoms with Gasteiger partial charge in [0.15, 0.2) is 0 Å². The molecule has 2 heterocycles. The third-order valence-corrected chi connectivity index (χ3v) is 5.09. The number of hydrogen-bond acceptors (Lipinski definition) is 4. The fourth-order valence-corrected chi connectivity index (χ4v) is 3.57. The molecule has 1 aromatic rings. The van der Waals surface area contributed by atoms with E-state index in [4.69, 9.17) is 17.6 Å². The van der Waals surface area contributed by atoms with Crippen LogP contribution in [0.25, 0.3) is 0 Å². The fraction of sp³-hybridized carbons (Fsp3) is 0.545. The molecule has 0 radical (unpaired) electrons. The van der Waals surface area contributed by atoms with E-state index < -0.39 is 0 Å². The van der Waals surface area contributed by atoms with E-state index in [1.807, 2.05) is 12.1 Å². The molecule has 6 heteroatoms. The number of hydrogen-bond donors (Lipinski definition) is 0. The summed E-state index contributed by atoms with van der Waals surface area (Å²) in [6.07, 6.45) is 15.9.